The highest BCUT2D eigenvalue weighted by Crippen LogP contribution is 2.04. The molecule has 0 atom stereocenters. The number of amides is 1. The predicted molar refractivity (Wildman–Crippen MR) is 58.6 cm³/mol. The quantitative estimate of drug-likeness (QED) is 0.857. The zero-order chi connectivity index (χ0) is 12.3. The molecule has 2 aromatic rings. The normalized spacial score (nSPS) is 10.2. The van der Waals surface area contributed by atoms with Gasteiger partial charge in [-0.2, -0.15) is 5.10 Å². The Balaban J connectivity index is 2.01. The third kappa shape index (κ3) is 2.66. The number of aryl methyl sites for hydroxylation is 1. The summed E-state index contributed by atoms with van der Waals surface area (Å²) in [6, 6.07) is 1.34. The molecule has 2 aromatic heterocycles. The van der Waals surface area contributed by atoms with E-state index in [1.54, 1.807) is 24.1 Å². The molecule has 17 heavy (non-hydrogen) atoms. The molecule has 0 saturated carbocycles. The van der Waals surface area contributed by atoms with Crippen LogP contribution in [0.15, 0.2) is 30.9 Å². The van der Waals surface area contributed by atoms with Crippen molar-refractivity contribution < 1.29 is 9.18 Å². The Kier molecular flexibility index (Phi) is 3.13. The van der Waals surface area contributed by atoms with E-state index in [1.165, 1.54) is 12.3 Å². The molecule has 0 aliphatic carbocycles. The highest BCUT2D eigenvalue weighted by Gasteiger charge is 2.10. The van der Waals surface area contributed by atoms with Crippen molar-refractivity contribution in [3.63, 3.8) is 0 Å². The first-order chi connectivity index (χ1) is 8.16. The molecule has 0 aliphatic heterocycles. The molecule has 0 aliphatic rings. The fraction of sp³-hybridized carbons (Fsp3) is 0.182. The van der Waals surface area contributed by atoms with Crippen molar-refractivity contribution in [1.29, 1.82) is 0 Å². The van der Waals surface area contributed by atoms with E-state index in [0.717, 1.165) is 11.8 Å². The van der Waals surface area contributed by atoms with E-state index in [4.69, 9.17) is 0 Å². The van der Waals surface area contributed by atoms with Gasteiger partial charge < -0.3 is 5.32 Å². The third-order valence-corrected chi connectivity index (χ3v) is 2.23. The molecular formula is C11H11FN4O. The molecule has 1 amide bonds. The van der Waals surface area contributed by atoms with Gasteiger partial charge >= 0.3 is 0 Å². The first-order valence-electron chi connectivity index (χ1n) is 5.02. The topological polar surface area (TPSA) is 59.8 Å². The van der Waals surface area contributed by atoms with Crippen LogP contribution in [0.2, 0.25) is 0 Å². The van der Waals surface area contributed by atoms with Crippen LogP contribution in [0.5, 0.6) is 0 Å². The van der Waals surface area contributed by atoms with Gasteiger partial charge in [-0.1, -0.05) is 0 Å². The van der Waals surface area contributed by atoms with Gasteiger partial charge in [0, 0.05) is 31.5 Å². The molecule has 0 fully saturated rings. The lowest BCUT2D eigenvalue weighted by molar-refractivity contribution is 0.0946. The maximum atomic E-state index is 13.2. The maximum Gasteiger partial charge on any atom is 0.254 e. The molecule has 2 heterocycles. The molecular weight excluding hydrogens is 223 g/mol. The highest BCUT2D eigenvalue weighted by atomic mass is 19.1. The second-order valence-corrected chi connectivity index (χ2v) is 3.56. The SMILES string of the molecule is Cn1cc(CNC(=O)c2ccncc2F)cn1. The van der Waals surface area contributed by atoms with Crippen molar-refractivity contribution in [3.8, 4) is 0 Å². The second kappa shape index (κ2) is 4.73. The van der Waals surface area contributed by atoms with Crippen LogP contribution in [-0.2, 0) is 13.6 Å². The number of hydrogen-bond acceptors (Lipinski definition) is 3. The van der Waals surface area contributed by atoms with Gasteiger partial charge in [0.25, 0.3) is 5.91 Å². The van der Waals surface area contributed by atoms with Gasteiger partial charge in [0.15, 0.2) is 5.82 Å². The van der Waals surface area contributed by atoms with E-state index >= 15 is 0 Å². The Labute approximate surface area is 97.3 Å². The molecule has 0 aromatic carbocycles. The largest absolute Gasteiger partial charge is 0.348 e. The Hall–Kier alpha value is -2.24. The lowest BCUT2D eigenvalue weighted by Gasteiger charge is -2.03. The minimum absolute atomic E-state index is 0.0103. The van der Waals surface area contributed by atoms with Crippen molar-refractivity contribution in [1.82, 2.24) is 20.1 Å². The van der Waals surface area contributed by atoms with Gasteiger partial charge in [-0.05, 0) is 6.07 Å². The number of pyridine rings is 1. The van der Waals surface area contributed by atoms with Gasteiger partial charge in [-0.15, -0.1) is 0 Å². The first-order valence-corrected chi connectivity index (χ1v) is 5.02. The third-order valence-electron chi connectivity index (χ3n) is 2.23. The summed E-state index contributed by atoms with van der Waals surface area (Å²) in [7, 11) is 1.79. The second-order valence-electron chi connectivity index (χ2n) is 3.56. The Morgan fingerprint density at radius 3 is 3.00 bits per heavy atom. The maximum absolute atomic E-state index is 13.2. The van der Waals surface area contributed by atoms with Crippen LogP contribution in [-0.4, -0.2) is 20.7 Å². The van der Waals surface area contributed by atoms with Crippen LogP contribution in [0, 0.1) is 5.82 Å². The fourth-order valence-electron chi connectivity index (χ4n) is 1.40. The molecule has 1 N–H and O–H groups in total. The summed E-state index contributed by atoms with van der Waals surface area (Å²) in [4.78, 5) is 15.2. The van der Waals surface area contributed by atoms with Crippen LogP contribution in [0.25, 0.3) is 0 Å². The summed E-state index contributed by atoms with van der Waals surface area (Å²) in [6.45, 7) is 0.314. The first kappa shape index (κ1) is 11.3. The van der Waals surface area contributed by atoms with Gasteiger partial charge in [-0.3, -0.25) is 14.5 Å². The van der Waals surface area contributed by atoms with Gasteiger partial charge in [0.1, 0.15) is 0 Å². The number of rotatable bonds is 3. The zero-order valence-corrected chi connectivity index (χ0v) is 9.22. The van der Waals surface area contributed by atoms with E-state index in [-0.39, 0.29) is 5.56 Å². The van der Waals surface area contributed by atoms with Gasteiger partial charge in [-0.25, -0.2) is 4.39 Å². The van der Waals surface area contributed by atoms with Crippen molar-refractivity contribution in [3.05, 3.63) is 47.8 Å². The lowest BCUT2D eigenvalue weighted by atomic mass is 10.2. The Morgan fingerprint density at radius 1 is 1.53 bits per heavy atom. The number of halogens is 1. The average molecular weight is 234 g/mol. The highest BCUT2D eigenvalue weighted by molar-refractivity contribution is 5.94. The van der Waals surface area contributed by atoms with Crippen LogP contribution >= 0.6 is 0 Å². The summed E-state index contributed by atoms with van der Waals surface area (Å²) in [6.07, 6.45) is 5.81. The number of carbonyl (C=O) groups is 1. The molecule has 0 bridgehead atoms. The molecule has 0 radical (unpaired) electrons. The van der Waals surface area contributed by atoms with Crippen molar-refractivity contribution >= 4 is 5.91 Å². The van der Waals surface area contributed by atoms with Gasteiger partial charge in [0.2, 0.25) is 0 Å². The van der Waals surface area contributed by atoms with E-state index in [2.05, 4.69) is 15.4 Å². The molecule has 6 heteroatoms. The summed E-state index contributed by atoms with van der Waals surface area (Å²) in [5, 5.41) is 6.58. The predicted octanol–water partition coefficient (Wildman–Crippen LogP) is 0.884. The molecule has 2 rings (SSSR count). The van der Waals surface area contributed by atoms with Crippen molar-refractivity contribution in [2.24, 2.45) is 7.05 Å². The van der Waals surface area contributed by atoms with E-state index < -0.39 is 11.7 Å². The van der Waals surface area contributed by atoms with Crippen LogP contribution in [0.1, 0.15) is 15.9 Å². The molecule has 0 unspecified atom stereocenters. The average Bonchev–Trinajstić information content (AvgIpc) is 2.73. The lowest BCUT2D eigenvalue weighted by Crippen LogP contribution is -2.23. The Bertz CT molecular complexity index is 538. The number of nitrogens with zero attached hydrogens (tertiary/aromatic N) is 3. The summed E-state index contributed by atoms with van der Waals surface area (Å²) >= 11 is 0. The zero-order valence-electron chi connectivity index (χ0n) is 9.22. The summed E-state index contributed by atoms with van der Waals surface area (Å²) in [5.41, 5.74) is 0.846. The van der Waals surface area contributed by atoms with Crippen molar-refractivity contribution in [2.75, 3.05) is 0 Å². The molecule has 0 spiro atoms. The Morgan fingerprint density at radius 2 is 2.35 bits per heavy atom. The number of carbonyl (C=O) groups excluding carboxylic acids is 1. The smallest absolute Gasteiger partial charge is 0.254 e. The van der Waals surface area contributed by atoms with Crippen LogP contribution in [0.3, 0.4) is 0 Å². The summed E-state index contributed by atoms with van der Waals surface area (Å²) in [5.74, 6) is -1.09. The number of hydrogen-bond donors (Lipinski definition) is 1. The van der Waals surface area contributed by atoms with Gasteiger partial charge in [0.05, 0.1) is 18.0 Å². The fourth-order valence-corrected chi connectivity index (χ4v) is 1.40. The van der Waals surface area contributed by atoms with Crippen LogP contribution < -0.4 is 5.32 Å². The van der Waals surface area contributed by atoms with Crippen LogP contribution in [0.4, 0.5) is 4.39 Å². The van der Waals surface area contributed by atoms with E-state index in [9.17, 15) is 9.18 Å². The monoisotopic (exact) mass is 234 g/mol. The molecule has 88 valence electrons. The van der Waals surface area contributed by atoms with E-state index in [0.29, 0.717) is 6.54 Å². The standard InChI is InChI=1S/C11H11FN4O/c1-16-7-8(5-15-16)4-14-11(17)9-2-3-13-6-10(9)12/h2-3,5-7H,4H2,1H3,(H,14,17). The minimum Gasteiger partial charge on any atom is -0.348 e. The molecule has 5 nitrogen and oxygen atoms in total. The number of aromatic nitrogens is 3. The molecule has 0 saturated heterocycles. The summed E-state index contributed by atoms with van der Waals surface area (Å²) < 4.78 is 14.9. The van der Waals surface area contributed by atoms with Crippen molar-refractivity contribution in [2.45, 2.75) is 6.54 Å². The minimum atomic E-state index is -0.629. The number of nitrogens with one attached hydrogen (secondary N) is 1. The van der Waals surface area contributed by atoms with E-state index in [1.807, 2.05) is 0 Å².